The Morgan fingerprint density at radius 2 is 1.54 bits per heavy atom. The van der Waals surface area contributed by atoms with Gasteiger partial charge < -0.3 is 29.7 Å². The van der Waals surface area contributed by atoms with Gasteiger partial charge in [-0.1, -0.05) is 60.7 Å². The second kappa shape index (κ2) is 14.8. The van der Waals surface area contributed by atoms with E-state index in [1.54, 1.807) is 41.7 Å². The highest BCUT2D eigenvalue weighted by atomic mass is 16.6. The zero-order valence-electron chi connectivity index (χ0n) is 28.7. The number of rotatable bonds is 13. The quantitative estimate of drug-likeness (QED) is 0.134. The lowest BCUT2D eigenvalue weighted by molar-refractivity contribution is -0.127. The van der Waals surface area contributed by atoms with Gasteiger partial charge >= 0.3 is 6.09 Å². The van der Waals surface area contributed by atoms with Crippen molar-refractivity contribution in [1.82, 2.24) is 30.4 Å². The predicted molar refractivity (Wildman–Crippen MR) is 187 cm³/mol. The highest BCUT2D eigenvalue weighted by Crippen LogP contribution is 2.26. The maximum Gasteiger partial charge on any atom is 0.408 e. The summed E-state index contributed by atoms with van der Waals surface area (Å²) < 4.78 is 12.9. The molecule has 10 nitrogen and oxygen atoms in total. The molecule has 2 aromatic heterocycles. The second-order valence-electron chi connectivity index (χ2n) is 13.6. The zero-order valence-corrected chi connectivity index (χ0v) is 28.7. The van der Waals surface area contributed by atoms with E-state index in [0.29, 0.717) is 25.2 Å². The number of aromatic amines is 1. The van der Waals surface area contributed by atoms with Crippen LogP contribution in [0.2, 0.25) is 0 Å². The third kappa shape index (κ3) is 8.82. The van der Waals surface area contributed by atoms with Crippen LogP contribution >= 0.6 is 0 Å². The molecule has 0 aliphatic rings. The van der Waals surface area contributed by atoms with Gasteiger partial charge in [-0.3, -0.25) is 4.79 Å². The summed E-state index contributed by atoms with van der Waals surface area (Å²) in [4.78, 5) is 30.0. The summed E-state index contributed by atoms with van der Waals surface area (Å²) in [6, 6.07) is 25.9. The number of nitrogens with one attached hydrogen (secondary N) is 3. The van der Waals surface area contributed by atoms with Crippen LogP contribution in [0.1, 0.15) is 69.0 Å². The molecule has 252 valence electrons. The first-order chi connectivity index (χ1) is 22.9. The van der Waals surface area contributed by atoms with Crippen molar-refractivity contribution in [2.75, 3.05) is 7.11 Å². The average Bonchev–Trinajstić information content (AvgIpc) is 3.65. The molecule has 3 N–H and O–H groups in total. The zero-order chi connectivity index (χ0) is 34.3. The van der Waals surface area contributed by atoms with Crippen LogP contribution < -0.4 is 15.4 Å². The first-order valence-electron chi connectivity index (χ1n) is 16.4. The van der Waals surface area contributed by atoms with Gasteiger partial charge in [0.05, 0.1) is 13.2 Å². The van der Waals surface area contributed by atoms with Crippen molar-refractivity contribution in [3.8, 4) is 5.75 Å². The van der Waals surface area contributed by atoms with E-state index >= 15 is 0 Å². The summed E-state index contributed by atoms with van der Waals surface area (Å²) in [6.45, 7) is 9.28. The van der Waals surface area contributed by atoms with E-state index in [-0.39, 0.29) is 5.91 Å². The van der Waals surface area contributed by atoms with Gasteiger partial charge in [0.15, 0.2) is 5.82 Å². The summed E-state index contributed by atoms with van der Waals surface area (Å²) in [6.07, 6.45) is 3.97. The second-order valence-corrected chi connectivity index (χ2v) is 13.6. The Bertz CT molecular complexity index is 1820. The summed E-state index contributed by atoms with van der Waals surface area (Å²) >= 11 is 0. The molecule has 0 bridgehead atoms. The van der Waals surface area contributed by atoms with Gasteiger partial charge in [0.2, 0.25) is 5.91 Å². The van der Waals surface area contributed by atoms with Gasteiger partial charge in [-0.25, -0.2) is 4.79 Å². The first kappa shape index (κ1) is 34.2. The largest absolute Gasteiger partial charge is 0.497 e. The number of amides is 2. The molecule has 2 heterocycles. The molecule has 0 saturated heterocycles. The number of aromatic nitrogens is 4. The molecule has 5 aromatic rings. The Balaban J connectivity index is 1.48. The number of hydrogen-bond acceptors (Lipinski definition) is 6. The monoisotopic (exact) mass is 650 g/mol. The normalized spacial score (nSPS) is 12.5. The van der Waals surface area contributed by atoms with Crippen LogP contribution in [0, 0.1) is 0 Å². The van der Waals surface area contributed by atoms with Crippen LogP contribution in [0.5, 0.6) is 5.75 Å². The van der Waals surface area contributed by atoms with Crippen molar-refractivity contribution >= 4 is 22.9 Å². The summed E-state index contributed by atoms with van der Waals surface area (Å²) in [7, 11) is 1.66. The predicted octanol–water partition coefficient (Wildman–Crippen LogP) is 6.50. The van der Waals surface area contributed by atoms with Crippen molar-refractivity contribution in [2.24, 2.45) is 0 Å². The molecule has 0 radical (unpaired) electrons. The molecule has 3 aromatic carbocycles. The van der Waals surface area contributed by atoms with E-state index < -0.39 is 23.3 Å². The number of alkyl carbamates (subject to hydrolysis) is 1. The molecule has 48 heavy (non-hydrogen) atoms. The van der Waals surface area contributed by atoms with E-state index in [1.807, 2.05) is 54.7 Å². The Kier molecular flexibility index (Phi) is 10.5. The minimum absolute atomic E-state index is 0.367. The standard InChI is InChI=1S/C38H46N6O4/c1-37(2,3)48-36(46)41-38(4,5)35(45)40-32(24-28-25-39-31-15-11-10-14-30(28)31)34-43-42-33(21-18-26-12-8-7-9-13-26)44(34)23-22-27-16-19-29(47-6)20-17-27/h7-17,19-20,25,32,39H,18,21-24H2,1-6H3,(H,40,45)(H,41,46)/t32-/m1/s1. The topological polar surface area (TPSA) is 123 Å². The van der Waals surface area contributed by atoms with Crippen molar-refractivity contribution in [1.29, 1.82) is 0 Å². The van der Waals surface area contributed by atoms with Gasteiger partial charge in [0, 0.05) is 36.5 Å². The molecule has 1 atom stereocenters. The summed E-state index contributed by atoms with van der Waals surface area (Å²) in [5, 5.41) is 16.4. The van der Waals surface area contributed by atoms with Gasteiger partial charge in [0.1, 0.15) is 22.7 Å². The maximum absolute atomic E-state index is 14.0. The third-order valence-corrected chi connectivity index (χ3v) is 8.22. The van der Waals surface area contributed by atoms with Gasteiger partial charge in [0.25, 0.3) is 0 Å². The maximum atomic E-state index is 14.0. The van der Waals surface area contributed by atoms with Crippen LogP contribution in [0.15, 0.2) is 85.1 Å². The number of benzene rings is 3. The molecule has 0 spiro atoms. The highest BCUT2D eigenvalue weighted by Gasteiger charge is 2.35. The average molecular weight is 651 g/mol. The molecular weight excluding hydrogens is 604 g/mol. The number of methoxy groups -OCH3 is 1. The molecule has 0 unspecified atom stereocenters. The summed E-state index contributed by atoms with van der Waals surface area (Å²) in [5.41, 5.74) is 2.42. The van der Waals surface area contributed by atoms with Crippen molar-refractivity contribution in [2.45, 2.75) is 84.0 Å². The van der Waals surface area contributed by atoms with E-state index in [9.17, 15) is 9.59 Å². The first-order valence-corrected chi connectivity index (χ1v) is 16.4. The summed E-state index contributed by atoms with van der Waals surface area (Å²) in [5.74, 6) is 1.93. The Hall–Kier alpha value is -5.12. The highest BCUT2D eigenvalue weighted by molar-refractivity contribution is 5.89. The third-order valence-electron chi connectivity index (χ3n) is 8.22. The van der Waals surface area contributed by atoms with E-state index in [2.05, 4.69) is 55.6 Å². The van der Waals surface area contributed by atoms with Crippen LogP contribution in [0.4, 0.5) is 4.79 Å². The molecule has 5 rings (SSSR count). The van der Waals surface area contributed by atoms with E-state index in [0.717, 1.165) is 46.4 Å². The number of fused-ring (bicyclic) bond motifs is 1. The smallest absolute Gasteiger partial charge is 0.408 e. The van der Waals surface area contributed by atoms with Gasteiger partial charge in [-0.05, 0) is 82.3 Å². The number of nitrogens with zero attached hydrogens (tertiary/aromatic N) is 3. The van der Waals surface area contributed by atoms with Crippen molar-refractivity contribution < 1.29 is 19.1 Å². The molecule has 0 aliphatic heterocycles. The fourth-order valence-electron chi connectivity index (χ4n) is 5.65. The molecule has 10 heteroatoms. The van der Waals surface area contributed by atoms with Crippen LogP contribution in [0.25, 0.3) is 10.9 Å². The van der Waals surface area contributed by atoms with Crippen molar-refractivity contribution in [3.63, 3.8) is 0 Å². The lowest BCUT2D eigenvalue weighted by atomic mass is 10.0. The molecular formula is C38H46N6O4. The minimum Gasteiger partial charge on any atom is -0.497 e. The Morgan fingerprint density at radius 1 is 0.854 bits per heavy atom. The van der Waals surface area contributed by atoms with E-state index in [1.165, 1.54) is 5.56 Å². The fourth-order valence-corrected chi connectivity index (χ4v) is 5.65. The number of H-pyrrole nitrogens is 1. The SMILES string of the molecule is COc1ccc(CCn2c(CCc3ccccc3)nnc2[C@@H](Cc2c[nH]c3ccccc23)NC(=O)C(C)(C)NC(=O)OC(C)(C)C)cc1. The number of para-hydroxylation sites is 1. The lowest BCUT2D eigenvalue weighted by Gasteiger charge is -2.29. The van der Waals surface area contributed by atoms with E-state index in [4.69, 9.17) is 14.6 Å². The number of carbonyl (C=O) groups is 2. The fraction of sp³-hybridized carbons (Fsp3) is 0.368. The molecule has 0 fully saturated rings. The van der Waals surface area contributed by atoms with Gasteiger partial charge in [-0.2, -0.15) is 0 Å². The Morgan fingerprint density at radius 3 is 2.25 bits per heavy atom. The van der Waals surface area contributed by atoms with Crippen LogP contribution in [0.3, 0.4) is 0 Å². The van der Waals surface area contributed by atoms with Crippen molar-refractivity contribution in [3.05, 3.63) is 113 Å². The minimum atomic E-state index is -1.27. The molecule has 2 amide bonds. The number of aryl methyl sites for hydroxylation is 3. The molecule has 0 aliphatic carbocycles. The number of carbonyl (C=O) groups excluding carboxylic acids is 2. The number of hydrogen-bond donors (Lipinski definition) is 3. The number of ether oxygens (including phenoxy) is 2. The van der Waals surface area contributed by atoms with Crippen LogP contribution in [-0.2, 0) is 41.8 Å². The Labute approximate surface area is 282 Å². The molecule has 0 saturated carbocycles. The van der Waals surface area contributed by atoms with Crippen LogP contribution in [-0.4, -0.2) is 50.0 Å². The lowest BCUT2D eigenvalue weighted by Crippen LogP contribution is -2.56. The van der Waals surface area contributed by atoms with Gasteiger partial charge in [-0.15, -0.1) is 10.2 Å².